The van der Waals surface area contributed by atoms with Gasteiger partial charge in [-0.1, -0.05) is 30.3 Å². The molecule has 2 aliphatic heterocycles. The number of likely N-dealkylation sites (tertiary alicyclic amines) is 1. The summed E-state index contributed by atoms with van der Waals surface area (Å²) in [7, 11) is 2.22. The van der Waals surface area contributed by atoms with Gasteiger partial charge in [0.25, 0.3) is 0 Å². The summed E-state index contributed by atoms with van der Waals surface area (Å²) in [5, 5.41) is 0. The zero-order chi connectivity index (χ0) is 17.6. The Balaban J connectivity index is 1.38. The zero-order valence-electron chi connectivity index (χ0n) is 15.9. The van der Waals surface area contributed by atoms with Gasteiger partial charge in [0, 0.05) is 51.7 Å². The normalized spacial score (nSPS) is 23.8. The predicted molar refractivity (Wildman–Crippen MR) is 103 cm³/mol. The molecule has 4 heteroatoms. The maximum Gasteiger partial charge on any atom is 0.222 e. The smallest absolute Gasteiger partial charge is 0.222 e. The highest BCUT2D eigenvalue weighted by Gasteiger charge is 2.27. The molecule has 0 unspecified atom stereocenters. The molecule has 3 rings (SSSR count). The number of hydrogen-bond donors (Lipinski definition) is 0. The van der Waals surface area contributed by atoms with Gasteiger partial charge >= 0.3 is 0 Å². The lowest BCUT2D eigenvalue weighted by Crippen LogP contribution is -2.52. The number of piperidine rings is 1. The summed E-state index contributed by atoms with van der Waals surface area (Å²) in [5.41, 5.74) is 1.26. The summed E-state index contributed by atoms with van der Waals surface area (Å²) in [5.74, 6) is 1.08. The Morgan fingerprint density at radius 1 is 1.08 bits per heavy atom. The summed E-state index contributed by atoms with van der Waals surface area (Å²) < 4.78 is 0. The van der Waals surface area contributed by atoms with Crippen molar-refractivity contribution >= 4 is 5.91 Å². The van der Waals surface area contributed by atoms with E-state index in [2.05, 4.69) is 40.8 Å². The predicted octanol–water partition coefficient (Wildman–Crippen LogP) is 2.49. The van der Waals surface area contributed by atoms with Crippen LogP contribution in [0.15, 0.2) is 30.3 Å². The lowest BCUT2D eigenvalue weighted by Gasteiger charge is -2.41. The van der Waals surface area contributed by atoms with Crippen molar-refractivity contribution in [3.8, 4) is 0 Å². The van der Waals surface area contributed by atoms with Crippen molar-refractivity contribution in [1.82, 2.24) is 14.7 Å². The van der Waals surface area contributed by atoms with Crippen molar-refractivity contribution < 1.29 is 4.79 Å². The highest BCUT2D eigenvalue weighted by molar-refractivity contribution is 5.76. The molecule has 25 heavy (non-hydrogen) atoms. The maximum absolute atomic E-state index is 12.5. The van der Waals surface area contributed by atoms with Crippen LogP contribution in [0.2, 0.25) is 0 Å². The van der Waals surface area contributed by atoms with Crippen molar-refractivity contribution in [2.45, 2.75) is 38.6 Å². The van der Waals surface area contributed by atoms with E-state index in [-0.39, 0.29) is 0 Å². The van der Waals surface area contributed by atoms with Crippen LogP contribution in [-0.4, -0.2) is 73.0 Å². The van der Waals surface area contributed by atoms with E-state index >= 15 is 0 Å². The number of carbonyl (C=O) groups is 1. The molecule has 0 saturated carbocycles. The quantitative estimate of drug-likeness (QED) is 0.822. The molecule has 0 N–H and O–H groups in total. The van der Waals surface area contributed by atoms with E-state index in [9.17, 15) is 4.79 Å². The number of aryl methyl sites for hydroxylation is 1. The molecule has 4 nitrogen and oxygen atoms in total. The first-order valence-corrected chi connectivity index (χ1v) is 9.86. The van der Waals surface area contributed by atoms with Crippen LogP contribution >= 0.6 is 0 Å². The van der Waals surface area contributed by atoms with Gasteiger partial charge in [0.05, 0.1) is 0 Å². The van der Waals surface area contributed by atoms with Crippen molar-refractivity contribution in [2.24, 2.45) is 5.92 Å². The molecule has 1 amide bonds. The molecule has 0 bridgehead atoms. The Bertz CT molecular complexity index is 539. The first-order chi connectivity index (χ1) is 12.1. The van der Waals surface area contributed by atoms with Crippen molar-refractivity contribution in [3.63, 3.8) is 0 Å². The third-order valence-corrected chi connectivity index (χ3v) is 5.90. The number of piperazine rings is 1. The lowest BCUT2D eigenvalue weighted by atomic mass is 9.94. The minimum absolute atomic E-state index is 0.329. The van der Waals surface area contributed by atoms with Crippen LogP contribution in [0, 0.1) is 5.92 Å². The molecule has 2 heterocycles. The van der Waals surface area contributed by atoms with Crippen LogP contribution in [0.3, 0.4) is 0 Å². The number of hydrogen-bond acceptors (Lipinski definition) is 3. The van der Waals surface area contributed by atoms with Crippen LogP contribution in [0.5, 0.6) is 0 Å². The van der Waals surface area contributed by atoms with Crippen LogP contribution < -0.4 is 0 Å². The van der Waals surface area contributed by atoms with Gasteiger partial charge in [0.1, 0.15) is 0 Å². The Labute approximate surface area is 152 Å². The number of amides is 1. The molecule has 0 radical (unpaired) electrons. The highest BCUT2D eigenvalue weighted by atomic mass is 16.2. The Kier molecular flexibility index (Phi) is 6.49. The van der Waals surface area contributed by atoms with E-state index in [4.69, 9.17) is 0 Å². The third-order valence-electron chi connectivity index (χ3n) is 5.90. The fourth-order valence-corrected chi connectivity index (χ4v) is 4.20. The average molecular weight is 344 g/mol. The molecule has 1 atom stereocenters. The molecule has 2 aliphatic rings. The fraction of sp³-hybridized carbons (Fsp3) is 0.667. The molecule has 1 aromatic carbocycles. The molecule has 0 aliphatic carbocycles. The SMILES string of the molecule is C[C@H]1CN(C)CCN1CC1CCN(C(=O)CCc2ccccc2)CC1. The Morgan fingerprint density at radius 2 is 1.80 bits per heavy atom. The third kappa shape index (κ3) is 5.29. The second-order valence-corrected chi connectivity index (χ2v) is 7.92. The minimum Gasteiger partial charge on any atom is -0.343 e. The topological polar surface area (TPSA) is 26.8 Å². The van der Waals surface area contributed by atoms with Gasteiger partial charge in [-0.3, -0.25) is 9.69 Å². The van der Waals surface area contributed by atoms with Crippen molar-refractivity contribution in [3.05, 3.63) is 35.9 Å². The summed E-state index contributed by atoms with van der Waals surface area (Å²) >= 11 is 0. The number of rotatable bonds is 5. The number of nitrogens with zero attached hydrogens (tertiary/aromatic N) is 3. The molecule has 138 valence electrons. The summed E-state index contributed by atoms with van der Waals surface area (Å²) in [6, 6.07) is 11.0. The molecule has 0 aromatic heterocycles. The molecule has 2 saturated heterocycles. The van der Waals surface area contributed by atoms with E-state index < -0.39 is 0 Å². The summed E-state index contributed by atoms with van der Waals surface area (Å²) in [6.45, 7) is 8.99. The van der Waals surface area contributed by atoms with Crippen LogP contribution in [0.4, 0.5) is 0 Å². The Hall–Kier alpha value is -1.39. The molecule has 1 aromatic rings. The average Bonchev–Trinajstić information content (AvgIpc) is 2.63. The van der Waals surface area contributed by atoms with Gasteiger partial charge in [0.15, 0.2) is 0 Å². The fourth-order valence-electron chi connectivity index (χ4n) is 4.20. The number of likely N-dealkylation sites (N-methyl/N-ethyl adjacent to an activating group) is 1. The largest absolute Gasteiger partial charge is 0.343 e. The van der Waals surface area contributed by atoms with Gasteiger partial charge in [-0.2, -0.15) is 0 Å². The zero-order valence-corrected chi connectivity index (χ0v) is 15.9. The van der Waals surface area contributed by atoms with E-state index in [1.807, 2.05) is 18.2 Å². The minimum atomic E-state index is 0.329. The molecule has 2 fully saturated rings. The molecular weight excluding hydrogens is 310 g/mol. The highest BCUT2D eigenvalue weighted by Crippen LogP contribution is 2.21. The van der Waals surface area contributed by atoms with E-state index in [1.54, 1.807) is 0 Å². The van der Waals surface area contributed by atoms with Gasteiger partial charge in [0.2, 0.25) is 5.91 Å². The maximum atomic E-state index is 12.5. The van der Waals surface area contributed by atoms with E-state index in [1.165, 1.54) is 31.7 Å². The monoisotopic (exact) mass is 343 g/mol. The standard InChI is InChI=1S/C21H33N3O/c1-18-16-22(2)14-15-24(18)17-20-10-12-23(13-11-20)21(25)9-8-19-6-4-3-5-7-19/h3-7,18,20H,8-17H2,1-2H3/t18-/m0/s1. The van der Waals surface area contributed by atoms with Crippen molar-refractivity contribution in [2.75, 3.05) is 46.3 Å². The first-order valence-electron chi connectivity index (χ1n) is 9.86. The summed E-state index contributed by atoms with van der Waals surface area (Å²) in [4.78, 5) is 19.6. The van der Waals surface area contributed by atoms with E-state index in [0.29, 0.717) is 18.4 Å². The summed E-state index contributed by atoms with van der Waals surface area (Å²) in [6.07, 6.45) is 3.83. The number of carbonyl (C=O) groups excluding carboxylic acids is 1. The van der Waals surface area contributed by atoms with Crippen LogP contribution in [0.25, 0.3) is 0 Å². The van der Waals surface area contributed by atoms with Gasteiger partial charge in [-0.05, 0) is 44.7 Å². The van der Waals surface area contributed by atoms with Gasteiger partial charge in [-0.15, -0.1) is 0 Å². The molecular formula is C21H33N3O. The van der Waals surface area contributed by atoms with Gasteiger partial charge < -0.3 is 9.80 Å². The second kappa shape index (κ2) is 8.81. The number of benzene rings is 1. The first kappa shape index (κ1) is 18.4. The lowest BCUT2D eigenvalue weighted by molar-refractivity contribution is -0.132. The Morgan fingerprint density at radius 3 is 2.48 bits per heavy atom. The van der Waals surface area contributed by atoms with Crippen LogP contribution in [-0.2, 0) is 11.2 Å². The van der Waals surface area contributed by atoms with Crippen LogP contribution in [0.1, 0.15) is 31.7 Å². The van der Waals surface area contributed by atoms with E-state index in [0.717, 1.165) is 38.3 Å². The van der Waals surface area contributed by atoms with Gasteiger partial charge in [-0.25, -0.2) is 0 Å². The second-order valence-electron chi connectivity index (χ2n) is 7.92. The van der Waals surface area contributed by atoms with Crippen molar-refractivity contribution in [1.29, 1.82) is 0 Å². The molecule has 0 spiro atoms.